The molecule has 0 radical (unpaired) electrons. The molecule has 1 aliphatic carbocycles. The fourth-order valence-corrected chi connectivity index (χ4v) is 4.65. The lowest BCUT2D eigenvalue weighted by atomic mass is 10.0. The van der Waals surface area contributed by atoms with Crippen LogP contribution in [0.5, 0.6) is 0 Å². The van der Waals surface area contributed by atoms with Crippen LogP contribution < -0.4 is 5.32 Å². The van der Waals surface area contributed by atoms with Gasteiger partial charge in [0.2, 0.25) is 11.8 Å². The van der Waals surface area contributed by atoms with E-state index >= 15 is 0 Å². The molecule has 0 spiro atoms. The fourth-order valence-electron chi connectivity index (χ4n) is 4.65. The highest BCUT2D eigenvalue weighted by Gasteiger charge is 2.38. The number of nitrogens with one attached hydrogen (secondary N) is 1. The summed E-state index contributed by atoms with van der Waals surface area (Å²) in [6.07, 6.45) is 8.92. The second-order valence-electron chi connectivity index (χ2n) is 9.55. The van der Waals surface area contributed by atoms with Crippen molar-refractivity contribution >= 4 is 17.5 Å². The van der Waals surface area contributed by atoms with Crippen LogP contribution in [0.15, 0.2) is 12.4 Å². The van der Waals surface area contributed by atoms with Crippen LogP contribution in [0.1, 0.15) is 38.1 Å². The number of likely N-dealkylation sites (tertiary alicyclic amines) is 2. The van der Waals surface area contributed by atoms with Gasteiger partial charge < -0.3 is 19.9 Å². The number of hydrogen-bond acceptors (Lipinski definition) is 6. The van der Waals surface area contributed by atoms with E-state index in [1.807, 2.05) is 10.9 Å². The summed E-state index contributed by atoms with van der Waals surface area (Å²) in [7, 11) is 5.68. The first-order chi connectivity index (χ1) is 14.9. The van der Waals surface area contributed by atoms with Gasteiger partial charge >= 0.3 is 0 Å². The van der Waals surface area contributed by atoms with Crippen molar-refractivity contribution in [2.75, 3.05) is 59.3 Å². The van der Waals surface area contributed by atoms with Crippen molar-refractivity contribution in [1.29, 1.82) is 0 Å². The quantitative estimate of drug-likeness (QED) is 0.661. The summed E-state index contributed by atoms with van der Waals surface area (Å²) in [5.41, 5.74) is 0.777. The summed E-state index contributed by atoms with van der Waals surface area (Å²) in [4.78, 5) is 30.5. The Kier molecular flexibility index (Phi) is 6.93. The molecular formula is C22H36N6O3. The standard InChI is InChI=1S/C22H36N6O3/c1-25(2)21(29)15-31-14-20-10-19(13-27(20)18-6-8-26(3)9-7-18)28-12-17(11-23-28)24-22(30)16-4-5-16/h11-12,16,18-20H,4-10,13-15H2,1-3H3,(H,24,30)/t19-,20-/m0/s1. The average Bonchev–Trinajstić information content (AvgIpc) is 3.36. The van der Waals surface area contributed by atoms with Gasteiger partial charge in [0, 0.05) is 44.8 Å². The number of carbonyl (C=O) groups excluding carboxylic acids is 2. The van der Waals surface area contributed by atoms with E-state index in [1.165, 1.54) is 0 Å². The molecule has 2 amide bonds. The molecular weight excluding hydrogens is 396 g/mol. The van der Waals surface area contributed by atoms with Gasteiger partial charge in [-0.1, -0.05) is 0 Å². The highest BCUT2D eigenvalue weighted by molar-refractivity contribution is 5.93. The second-order valence-corrected chi connectivity index (χ2v) is 9.55. The molecule has 1 aromatic rings. The van der Waals surface area contributed by atoms with Crippen molar-refractivity contribution in [2.45, 2.75) is 50.2 Å². The zero-order valence-corrected chi connectivity index (χ0v) is 19.0. The first-order valence-corrected chi connectivity index (χ1v) is 11.5. The van der Waals surface area contributed by atoms with E-state index in [1.54, 1.807) is 25.2 Å². The molecule has 31 heavy (non-hydrogen) atoms. The number of nitrogens with zero attached hydrogens (tertiary/aromatic N) is 5. The van der Waals surface area contributed by atoms with Gasteiger partial charge in [-0.05, 0) is 52.2 Å². The van der Waals surface area contributed by atoms with Crippen molar-refractivity contribution in [1.82, 2.24) is 24.5 Å². The van der Waals surface area contributed by atoms with Gasteiger partial charge in [0.05, 0.1) is 24.5 Å². The monoisotopic (exact) mass is 432 g/mol. The minimum atomic E-state index is -0.0106. The average molecular weight is 433 g/mol. The number of piperidine rings is 1. The van der Waals surface area contributed by atoms with Crippen molar-refractivity contribution in [3.63, 3.8) is 0 Å². The molecule has 0 bridgehead atoms. The predicted octanol–water partition coefficient (Wildman–Crippen LogP) is 1.05. The summed E-state index contributed by atoms with van der Waals surface area (Å²) in [5, 5.41) is 7.54. The maximum absolute atomic E-state index is 12.1. The predicted molar refractivity (Wildman–Crippen MR) is 118 cm³/mol. The van der Waals surface area contributed by atoms with Gasteiger partial charge in [-0.3, -0.25) is 19.2 Å². The Morgan fingerprint density at radius 1 is 1.19 bits per heavy atom. The van der Waals surface area contributed by atoms with Crippen LogP contribution in [0.4, 0.5) is 5.69 Å². The van der Waals surface area contributed by atoms with E-state index in [2.05, 4.69) is 27.3 Å². The number of likely N-dealkylation sites (N-methyl/N-ethyl adjacent to an activating group) is 1. The summed E-state index contributed by atoms with van der Waals surface area (Å²) >= 11 is 0. The van der Waals surface area contributed by atoms with Gasteiger partial charge in [-0.15, -0.1) is 0 Å². The Morgan fingerprint density at radius 3 is 2.61 bits per heavy atom. The molecule has 172 valence electrons. The Hall–Kier alpha value is -1.97. The molecule has 9 heteroatoms. The Labute approximate surface area is 184 Å². The number of carbonyl (C=O) groups is 2. The minimum Gasteiger partial charge on any atom is -0.370 e. The Morgan fingerprint density at radius 2 is 1.94 bits per heavy atom. The van der Waals surface area contributed by atoms with Crippen LogP contribution in [0.3, 0.4) is 0 Å². The number of amides is 2. The summed E-state index contributed by atoms with van der Waals surface area (Å²) in [5.74, 6) is 0.278. The third kappa shape index (κ3) is 5.64. The number of anilines is 1. The number of rotatable bonds is 8. The smallest absolute Gasteiger partial charge is 0.248 e. The van der Waals surface area contributed by atoms with Gasteiger partial charge in [0.15, 0.2) is 0 Å². The van der Waals surface area contributed by atoms with Crippen LogP contribution >= 0.6 is 0 Å². The van der Waals surface area contributed by atoms with Gasteiger partial charge in [0.25, 0.3) is 0 Å². The topological polar surface area (TPSA) is 82.9 Å². The van der Waals surface area contributed by atoms with Gasteiger partial charge in [0.1, 0.15) is 6.61 Å². The summed E-state index contributed by atoms with van der Waals surface area (Å²) < 4.78 is 7.82. The first-order valence-electron chi connectivity index (χ1n) is 11.5. The second kappa shape index (κ2) is 9.67. The molecule has 2 saturated heterocycles. The summed E-state index contributed by atoms with van der Waals surface area (Å²) in [6, 6.07) is 1.04. The highest BCUT2D eigenvalue weighted by atomic mass is 16.5. The van der Waals surface area contributed by atoms with E-state index < -0.39 is 0 Å². The van der Waals surface area contributed by atoms with Crippen LogP contribution in [-0.4, -0.2) is 102 Å². The molecule has 9 nitrogen and oxygen atoms in total. The molecule has 1 aromatic heterocycles. The van der Waals surface area contributed by atoms with Crippen molar-refractivity contribution in [2.24, 2.45) is 5.92 Å². The molecule has 2 atom stereocenters. The van der Waals surface area contributed by atoms with E-state index in [0.717, 1.165) is 57.4 Å². The third-order valence-electron chi connectivity index (χ3n) is 6.82. The maximum Gasteiger partial charge on any atom is 0.248 e. The van der Waals surface area contributed by atoms with Gasteiger partial charge in [-0.25, -0.2) is 0 Å². The molecule has 3 aliphatic rings. The molecule has 1 saturated carbocycles. The van der Waals surface area contributed by atoms with Crippen LogP contribution in [-0.2, 0) is 14.3 Å². The van der Waals surface area contributed by atoms with E-state index in [0.29, 0.717) is 12.6 Å². The lowest BCUT2D eigenvalue weighted by Gasteiger charge is -2.38. The van der Waals surface area contributed by atoms with E-state index in [9.17, 15) is 9.59 Å². The number of ether oxygens (including phenoxy) is 1. The highest BCUT2D eigenvalue weighted by Crippen LogP contribution is 2.33. The number of aromatic nitrogens is 2. The van der Waals surface area contributed by atoms with Crippen LogP contribution in [0, 0.1) is 5.92 Å². The Balaban J connectivity index is 1.39. The molecule has 0 unspecified atom stereocenters. The molecule has 4 rings (SSSR count). The molecule has 1 N–H and O–H groups in total. The Bertz CT molecular complexity index is 769. The number of hydrogen-bond donors (Lipinski definition) is 1. The minimum absolute atomic E-state index is 0.0106. The zero-order valence-electron chi connectivity index (χ0n) is 19.0. The van der Waals surface area contributed by atoms with E-state index in [4.69, 9.17) is 4.74 Å². The van der Waals surface area contributed by atoms with Gasteiger partial charge in [-0.2, -0.15) is 5.10 Å². The maximum atomic E-state index is 12.1. The SMILES string of the molecule is CN1CCC(N2C[C@@H](n3cc(NC(=O)C4CC4)cn3)C[C@H]2COCC(=O)N(C)C)CC1. The van der Waals surface area contributed by atoms with E-state index in [-0.39, 0.29) is 36.4 Å². The molecule has 3 heterocycles. The van der Waals surface area contributed by atoms with Crippen LogP contribution in [0.25, 0.3) is 0 Å². The fraction of sp³-hybridized carbons (Fsp3) is 0.773. The van der Waals surface area contributed by atoms with Crippen LogP contribution in [0.2, 0.25) is 0 Å². The zero-order chi connectivity index (χ0) is 22.0. The normalized spacial score (nSPS) is 25.6. The molecule has 2 aliphatic heterocycles. The lowest BCUT2D eigenvalue weighted by Crippen LogP contribution is -2.47. The first kappa shape index (κ1) is 22.2. The van der Waals surface area contributed by atoms with Crippen molar-refractivity contribution in [3.05, 3.63) is 12.4 Å². The third-order valence-corrected chi connectivity index (χ3v) is 6.82. The molecule has 0 aromatic carbocycles. The molecule has 3 fully saturated rings. The lowest BCUT2D eigenvalue weighted by molar-refractivity contribution is -0.134. The van der Waals surface area contributed by atoms with Crippen molar-refractivity contribution < 1.29 is 14.3 Å². The largest absolute Gasteiger partial charge is 0.370 e. The summed E-state index contributed by atoms with van der Waals surface area (Å²) in [6.45, 7) is 3.81. The van der Waals surface area contributed by atoms with Crippen molar-refractivity contribution in [3.8, 4) is 0 Å².